The van der Waals surface area contributed by atoms with Crippen LogP contribution in [0.15, 0.2) is 18.2 Å². The number of halogens is 4. The lowest BCUT2D eigenvalue weighted by atomic mass is 10.1. The number of hydrogen-bond donors (Lipinski definition) is 1. The van der Waals surface area contributed by atoms with Crippen LogP contribution in [0.3, 0.4) is 0 Å². The summed E-state index contributed by atoms with van der Waals surface area (Å²) in [6.45, 7) is 3.75. The first-order chi connectivity index (χ1) is 7.34. The van der Waals surface area contributed by atoms with Gasteiger partial charge in [-0.3, -0.25) is 0 Å². The second-order valence-electron chi connectivity index (χ2n) is 3.65. The molecular formula is C11H13F4N. The van der Waals surface area contributed by atoms with Crippen LogP contribution < -0.4 is 5.32 Å². The van der Waals surface area contributed by atoms with E-state index in [2.05, 4.69) is 5.32 Å². The summed E-state index contributed by atoms with van der Waals surface area (Å²) in [4.78, 5) is 0. The van der Waals surface area contributed by atoms with Gasteiger partial charge in [0.05, 0.1) is 5.56 Å². The molecule has 1 atom stereocenters. The fourth-order valence-corrected chi connectivity index (χ4v) is 1.22. The van der Waals surface area contributed by atoms with Crippen LogP contribution in [0.2, 0.25) is 0 Å². The fourth-order valence-electron chi connectivity index (χ4n) is 1.22. The molecule has 0 heterocycles. The van der Waals surface area contributed by atoms with Gasteiger partial charge in [-0.15, -0.1) is 0 Å². The third-order valence-corrected chi connectivity index (χ3v) is 2.30. The Balaban J connectivity index is 2.99. The molecule has 0 aliphatic heterocycles. The molecule has 90 valence electrons. The van der Waals surface area contributed by atoms with Gasteiger partial charge in [0.1, 0.15) is 5.82 Å². The maximum absolute atomic E-state index is 12.9. The highest BCUT2D eigenvalue weighted by Crippen LogP contribution is 2.33. The Bertz CT molecular complexity index is 359. The van der Waals surface area contributed by atoms with Crippen molar-refractivity contribution in [2.45, 2.75) is 32.5 Å². The molecule has 1 unspecified atom stereocenters. The van der Waals surface area contributed by atoms with Crippen molar-refractivity contribution in [1.82, 2.24) is 0 Å². The Morgan fingerprint density at radius 1 is 1.31 bits per heavy atom. The quantitative estimate of drug-likeness (QED) is 0.779. The van der Waals surface area contributed by atoms with E-state index in [-0.39, 0.29) is 11.7 Å². The summed E-state index contributed by atoms with van der Waals surface area (Å²) in [7, 11) is 0. The maximum Gasteiger partial charge on any atom is 0.419 e. The summed E-state index contributed by atoms with van der Waals surface area (Å²) < 4.78 is 50.1. The minimum atomic E-state index is -4.66. The Labute approximate surface area is 91.5 Å². The zero-order valence-electron chi connectivity index (χ0n) is 9.03. The number of alkyl halides is 3. The van der Waals surface area contributed by atoms with Gasteiger partial charge in [0.25, 0.3) is 0 Å². The summed E-state index contributed by atoms with van der Waals surface area (Å²) in [5.41, 5.74) is -0.955. The van der Waals surface area contributed by atoms with E-state index in [9.17, 15) is 17.6 Å². The molecule has 1 aromatic rings. The second-order valence-corrected chi connectivity index (χ2v) is 3.65. The van der Waals surface area contributed by atoms with E-state index in [4.69, 9.17) is 0 Å². The van der Waals surface area contributed by atoms with Gasteiger partial charge in [0, 0.05) is 11.7 Å². The third-order valence-electron chi connectivity index (χ3n) is 2.30. The standard InChI is InChI=1S/C11H13F4N/c1-3-7(2)16-8-4-5-10(12)9(6-8)11(13,14)15/h4-7,16H,3H2,1-2H3. The molecule has 5 heteroatoms. The molecule has 0 amide bonds. The molecule has 0 bridgehead atoms. The largest absolute Gasteiger partial charge is 0.419 e. The molecule has 1 N–H and O–H groups in total. The first-order valence-electron chi connectivity index (χ1n) is 4.98. The number of rotatable bonds is 3. The van der Waals surface area contributed by atoms with Gasteiger partial charge in [-0.05, 0) is 31.5 Å². The van der Waals surface area contributed by atoms with Crippen LogP contribution in [-0.2, 0) is 6.18 Å². The third kappa shape index (κ3) is 3.12. The Hall–Kier alpha value is -1.26. The molecule has 16 heavy (non-hydrogen) atoms. The van der Waals surface area contributed by atoms with Gasteiger partial charge >= 0.3 is 6.18 Å². The van der Waals surface area contributed by atoms with Crippen LogP contribution in [0.1, 0.15) is 25.8 Å². The summed E-state index contributed by atoms with van der Waals surface area (Å²) >= 11 is 0. The number of benzene rings is 1. The van der Waals surface area contributed by atoms with E-state index in [1.165, 1.54) is 6.07 Å². The monoisotopic (exact) mass is 235 g/mol. The average Bonchev–Trinajstić information content (AvgIpc) is 2.19. The second kappa shape index (κ2) is 4.72. The maximum atomic E-state index is 12.9. The lowest BCUT2D eigenvalue weighted by Crippen LogP contribution is -2.15. The molecule has 0 saturated carbocycles. The number of hydrogen-bond acceptors (Lipinski definition) is 1. The predicted octanol–water partition coefficient (Wildman–Crippen LogP) is 4.05. The van der Waals surface area contributed by atoms with Crippen molar-refractivity contribution in [2.75, 3.05) is 5.32 Å². The summed E-state index contributed by atoms with van der Waals surface area (Å²) in [6.07, 6.45) is -3.88. The van der Waals surface area contributed by atoms with Crippen LogP contribution in [0, 0.1) is 5.82 Å². The molecule has 0 saturated heterocycles. The molecule has 0 spiro atoms. The summed E-state index contributed by atoms with van der Waals surface area (Å²) in [5, 5.41) is 2.86. The summed E-state index contributed by atoms with van der Waals surface area (Å²) in [6, 6.07) is 2.97. The van der Waals surface area contributed by atoms with E-state index < -0.39 is 17.6 Å². The highest BCUT2D eigenvalue weighted by molar-refractivity contribution is 5.47. The van der Waals surface area contributed by atoms with Gasteiger partial charge in [-0.2, -0.15) is 13.2 Å². The van der Waals surface area contributed by atoms with Gasteiger partial charge in [-0.25, -0.2) is 4.39 Å². The van der Waals surface area contributed by atoms with E-state index in [1.54, 1.807) is 0 Å². The zero-order valence-corrected chi connectivity index (χ0v) is 9.03. The lowest BCUT2D eigenvalue weighted by molar-refractivity contribution is -0.139. The van der Waals surface area contributed by atoms with Gasteiger partial charge in [-0.1, -0.05) is 6.92 Å². The van der Waals surface area contributed by atoms with E-state index in [1.807, 2.05) is 13.8 Å². The number of anilines is 1. The highest BCUT2D eigenvalue weighted by atomic mass is 19.4. The Kier molecular flexibility index (Phi) is 3.78. The van der Waals surface area contributed by atoms with Crippen molar-refractivity contribution in [3.8, 4) is 0 Å². The number of nitrogens with one attached hydrogen (secondary N) is 1. The normalized spacial score (nSPS) is 13.6. The first kappa shape index (κ1) is 12.8. The zero-order chi connectivity index (χ0) is 12.3. The molecule has 0 aliphatic carbocycles. The van der Waals surface area contributed by atoms with Crippen molar-refractivity contribution in [1.29, 1.82) is 0 Å². The topological polar surface area (TPSA) is 12.0 Å². The van der Waals surface area contributed by atoms with Crippen LogP contribution in [0.5, 0.6) is 0 Å². The fraction of sp³-hybridized carbons (Fsp3) is 0.455. The van der Waals surface area contributed by atoms with E-state index >= 15 is 0 Å². The smallest absolute Gasteiger partial charge is 0.383 e. The van der Waals surface area contributed by atoms with Crippen molar-refractivity contribution >= 4 is 5.69 Å². The molecule has 1 nitrogen and oxygen atoms in total. The minimum absolute atomic E-state index is 0.0477. The predicted molar refractivity (Wildman–Crippen MR) is 54.8 cm³/mol. The van der Waals surface area contributed by atoms with Crippen LogP contribution in [0.25, 0.3) is 0 Å². The average molecular weight is 235 g/mol. The molecule has 1 rings (SSSR count). The minimum Gasteiger partial charge on any atom is -0.383 e. The lowest BCUT2D eigenvalue weighted by Gasteiger charge is -2.15. The first-order valence-corrected chi connectivity index (χ1v) is 4.98. The SMILES string of the molecule is CCC(C)Nc1ccc(F)c(C(F)(F)F)c1. The van der Waals surface area contributed by atoms with Gasteiger partial charge in [0.15, 0.2) is 0 Å². The van der Waals surface area contributed by atoms with E-state index in [0.717, 1.165) is 18.6 Å². The van der Waals surface area contributed by atoms with Crippen molar-refractivity contribution < 1.29 is 17.6 Å². The molecular weight excluding hydrogens is 222 g/mol. The van der Waals surface area contributed by atoms with Gasteiger partial charge < -0.3 is 5.32 Å². The van der Waals surface area contributed by atoms with Crippen molar-refractivity contribution in [3.05, 3.63) is 29.6 Å². The Morgan fingerprint density at radius 3 is 2.44 bits per heavy atom. The Morgan fingerprint density at radius 2 is 1.94 bits per heavy atom. The highest BCUT2D eigenvalue weighted by Gasteiger charge is 2.34. The van der Waals surface area contributed by atoms with Crippen LogP contribution in [-0.4, -0.2) is 6.04 Å². The van der Waals surface area contributed by atoms with Gasteiger partial charge in [0.2, 0.25) is 0 Å². The van der Waals surface area contributed by atoms with Crippen molar-refractivity contribution in [3.63, 3.8) is 0 Å². The van der Waals surface area contributed by atoms with Crippen LogP contribution in [0.4, 0.5) is 23.2 Å². The molecule has 0 fully saturated rings. The molecule has 1 aromatic carbocycles. The van der Waals surface area contributed by atoms with Crippen molar-refractivity contribution in [2.24, 2.45) is 0 Å². The molecule has 0 radical (unpaired) electrons. The summed E-state index contributed by atoms with van der Waals surface area (Å²) in [5.74, 6) is -1.25. The molecule has 0 aromatic heterocycles. The molecule has 0 aliphatic rings. The van der Waals surface area contributed by atoms with Crippen LogP contribution >= 0.6 is 0 Å². The van der Waals surface area contributed by atoms with E-state index in [0.29, 0.717) is 0 Å².